The minimum absolute atomic E-state index is 0.277. The van der Waals surface area contributed by atoms with E-state index in [9.17, 15) is 9.18 Å². The number of carbonyl (C=O) groups excluding carboxylic acids is 1. The number of nitrogens with two attached hydrogens (primary N) is 2. The highest BCUT2D eigenvalue weighted by Gasteiger charge is 2.21. The van der Waals surface area contributed by atoms with E-state index in [1.54, 1.807) is 12.1 Å². The SMILES string of the molecule is Cc1cccc(CC(C(=O)N=C(N)N)c2ccc(F)cc2)c1. The van der Waals surface area contributed by atoms with Crippen LogP contribution in [-0.4, -0.2) is 11.9 Å². The fourth-order valence-electron chi connectivity index (χ4n) is 2.32. The molecule has 0 bridgehead atoms. The van der Waals surface area contributed by atoms with Crippen LogP contribution in [0, 0.1) is 12.7 Å². The number of benzene rings is 2. The van der Waals surface area contributed by atoms with Gasteiger partial charge in [-0.15, -0.1) is 0 Å². The maximum absolute atomic E-state index is 13.1. The third-order valence-corrected chi connectivity index (χ3v) is 3.33. The van der Waals surface area contributed by atoms with Crippen LogP contribution in [0.3, 0.4) is 0 Å². The fourth-order valence-corrected chi connectivity index (χ4v) is 2.32. The largest absolute Gasteiger partial charge is 0.370 e. The first kappa shape index (κ1) is 15.7. The lowest BCUT2D eigenvalue weighted by molar-refractivity contribution is -0.119. The van der Waals surface area contributed by atoms with Crippen molar-refractivity contribution in [2.45, 2.75) is 19.3 Å². The van der Waals surface area contributed by atoms with E-state index in [1.165, 1.54) is 12.1 Å². The summed E-state index contributed by atoms with van der Waals surface area (Å²) < 4.78 is 13.1. The van der Waals surface area contributed by atoms with Crippen LogP contribution in [0.2, 0.25) is 0 Å². The summed E-state index contributed by atoms with van der Waals surface area (Å²) in [6.45, 7) is 1.98. The van der Waals surface area contributed by atoms with Crippen molar-refractivity contribution in [1.82, 2.24) is 0 Å². The molecule has 0 aliphatic rings. The molecule has 0 heterocycles. The average Bonchev–Trinajstić information content (AvgIpc) is 2.45. The highest BCUT2D eigenvalue weighted by Crippen LogP contribution is 2.23. The monoisotopic (exact) mass is 299 g/mol. The number of hydrogen-bond acceptors (Lipinski definition) is 1. The summed E-state index contributed by atoms with van der Waals surface area (Å²) in [6, 6.07) is 13.6. The Morgan fingerprint density at radius 1 is 1.18 bits per heavy atom. The van der Waals surface area contributed by atoms with Crippen LogP contribution >= 0.6 is 0 Å². The first-order valence-electron chi connectivity index (χ1n) is 6.90. The number of halogens is 1. The van der Waals surface area contributed by atoms with Gasteiger partial charge < -0.3 is 11.5 Å². The van der Waals surface area contributed by atoms with Crippen molar-refractivity contribution < 1.29 is 9.18 Å². The van der Waals surface area contributed by atoms with Crippen molar-refractivity contribution in [2.75, 3.05) is 0 Å². The molecule has 0 aromatic heterocycles. The highest BCUT2D eigenvalue weighted by molar-refractivity contribution is 5.95. The van der Waals surface area contributed by atoms with Gasteiger partial charge in [0.2, 0.25) is 0 Å². The molecule has 2 rings (SSSR count). The third kappa shape index (κ3) is 4.15. The van der Waals surface area contributed by atoms with Crippen LogP contribution in [0.4, 0.5) is 4.39 Å². The van der Waals surface area contributed by atoms with Gasteiger partial charge in [0, 0.05) is 0 Å². The van der Waals surface area contributed by atoms with Crippen LogP contribution in [0.1, 0.15) is 22.6 Å². The zero-order valence-corrected chi connectivity index (χ0v) is 12.3. The first-order valence-corrected chi connectivity index (χ1v) is 6.90. The Labute approximate surface area is 128 Å². The molecule has 5 heteroatoms. The van der Waals surface area contributed by atoms with Crippen LogP contribution in [0.25, 0.3) is 0 Å². The number of aryl methyl sites for hydroxylation is 1. The summed E-state index contributed by atoms with van der Waals surface area (Å²) in [5, 5.41) is 0. The molecule has 4 nitrogen and oxygen atoms in total. The van der Waals surface area contributed by atoms with E-state index in [-0.39, 0.29) is 11.8 Å². The summed E-state index contributed by atoms with van der Waals surface area (Å²) in [4.78, 5) is 15.9. The molecule has 114 valence electrons. The van der Waals surface area contributed by atoms with E-state index in [0.717, 1.165) is 11.1 Å². The van der Waals surface area contributed by atoms with E-state index < -0.39 is 11.8 Å². The van der Waals surface area contributed by atoms with Gasteiger partial charge >= 0.3 is 0 Å². The Morgan fingerprint density at radius 3 is 2.45 bits per heavy atom. The van der Waals surface area contributed by atoms with E-state index in [0.29, 0.717) is 12.0 Å². The van der Waals surface area contributed by atoms with Gasteiger partial charge in [-0.2, -0.15) is 4.99 Å². The maximum Gasteiger partial charge on any atom is 0.256 e. The standard InChI is InChI=1S/C17H18FN3O/c1-11-3-2-4-12(9-11)10-15(16(22)21-17(19)20)13-5-7-14(18)8-6-13/h2-9,15H,10H2,1H3,(H4,19,20,21,22). The minimum Gasteiger partial charge on any atom is -0.370 e. The number of carbonyl (C=O) groups is 1. The van der Waals surface area contributed by atoms with Gasteiger partial charge in [0.25, 0.3) is 5.91 Å². The zero-order valence-electron chi connectivity index (χ0n) is 12.3. The van der Waals surface area contributed by atoms with Gasteiger partial charge in [-0.1, -0.05) is 42.0 Å². The number of nitrogens with zero attached hydrogens (tertiary/aromatic N) is 1. The second kappa shape index (κ2) is 6.85. The molecule has 0 spiro atoms. The second-order valence-electron chi connectivity index (χ2n) is 5.17. The summed E-state index contributed by atoms with van der Waals surface area (Å²) >= 11 is 0. The summed E-state index contributed by atoms with van der Waals surface area (Å²) in [7, 11) is 0. The van der Waals surface area contributed by atoms with E-state index in [1.807, 2.05) is 31.2 Å². The van der Waals surface area contributed by atoms with Crippen molar-refractivity contribution in [3.63, 3.8) is 0 Å². The summed E-state index contributed by atoms with van der Waals surface area (Å²) in [5.74, 6) is -1.62. The lowest BCUT2D eigenvalue weighted by Crippen LogP contribution is -2.26. The molecule has 22 heavy (non-hydrogen) atoms. The molecule has 0 aliphatic heterocycles. The average molecular weight is 299 g/mol. The number of aliphatic imine (C=N–C) groups is 1. The lowest BCUT2D eigenvalue weighted by Gasteiger charge is -2.14. The fraction of sp³-hybridized carbons (Fsp3) is 0.176. The molecule has 0 saturated carbocycles. The molecule has 0 fully saturated rings. The Balaban J connectivity index is 2.35. The van der Waals surface area contributed by atoms with Crippen LogP contribution < -0.4 is 11.5 Å². The van der Waals surface area contributed by atoms with Gasteiger partial charge in [-0.05, 0) is 36.6 Å². The third-order valence-electron chi connectivity index (χ3n) is 3.33. The predicted octanol–water partition coefficient (Wildman–Crippen LogP) is 2.26. The second-order valence-corrected chi connectivity index (χ2v) is 5.17. The Hall–Kier alpha value is -2.69. The molecule has 0 saturated heterocycles. The quantitative estimate of drug-likeness (QED) is 0.671. The Kier molecular flexibility index (Phi) is 4.88. The Bertz CT molecular complexity index is 691. The maximum atomic E-state index is 13.1. The van der Waals surface area contributed by atoms with Crippen molar-refractivity contribution in [2.24, 2.45) is 16.5 Å². The predicted molar refractivity (Wildman–Crippen MR) is 84.8 cm³/mol. The van der Waals surface area contributed by atoms with Crippen LogP contribution in [0.5, 0.6) is 0 Å². The highest BCUT2D eigenvalue weighted by atomic mass is 19.1. The van der Waals surface area contributed by atoms with Crippen molar-refractivity contribution in [3.8, 4) is 0 Å². The van der Waals surface area contributed by atoms with Crippen molar-refractivity contribution in [3.05, 3.63) is 71.0 Å². The minimum atomic E-state index is -0.551. The topological polar surface area (TPSA) is 81.5 Å². The Morgan fingerprint density at radius 2 is 1.86 bits per heavy atom. The van der Waals surface area contributed by atoms with E-state index in [2.05, 4.69) is 4.99 Å². The number of guanidine groups is 1. The normalized spacial score (nSPS) is 11.7. The molecule has 1 atom stereocenters. The molecule has 1 amide bonds. The van der Waals surface area contributed by atoms with Crippen LogP contribution in [-0.2, 0) is 11.2 Å². The lowest BCUT2D eigenvalue weighted by atomic mass is 9.91. The van der Waals surface area contributed by atoms with Gasteiger partial charge in [-0.3, -0.25) is 4.79 Å². The van der Waals surface area contributed by atoms with Gasteiger partial charge in [0.15, 0.2) is 5.96 Å². The summed E-state index contributed by atoms with van der Waals surface area (Å²) in [6.07, 6.45) is 0.447. The molecular weight excluding hydrogens is 281 g/mol. The van der Waals surface area contributed by atoms with Gasteiger partial charge in [0.05, 0.1) is 5.92 Å². The smallest absolute Gasteiger partial charge is 0.256 e. The number of hydrogen-bond donors (Lipinski definition) is 2. The molecular formula is C17H18FN3O. The molecule has 0 aliphatic carbocycles. The molecule has 0 radical (unpaired) electrons. The molecule has 4 N–H and O–H groups in total. The molecule has 1 unspecified atom stereocenters. The molecule has 2 aromatic carbocycles. The van der Waals surface area contributed by atoms with Gasteiger partial charge in [-0.25, -0.2) is 4.39 Å². The summed E-state index contributed by atoms with van der Waals surface area (Å²) in [5.41, 5.74) is 13.4. The zero-order chi connectivity index (χ0) is 16.1. The number of rotatable bonds is 4. The van der Waals surface area contributed by atoms with E-state index in [4.69, 9.17) is 11.5 Å². The van der Waals surface area contributed by atoms with Crippen molar-refractivity contribution >= 4 is 11.9 Å². The van der Waals surface area contributed by atoms with Gasteiger partial charge in [0.1, 0.15) is 5.82 Å². The first-order chi connectivity index (χ1) is 10.5. The van der Waals surface area contributed by atoms with Crippen LogP contribution in [0.15, 0.2) is 53.5 Å². The van der Waals surface area contributed by atoms with E-state index >= 15 is 0 Å². The molecule has 2 aromatic rings. The number of amides is 1. The van der Waals surface area contributed by atoms with Crippen molar-refractivity contribution in [1.29, 1.82) is 0 Å².